The van der Waals surface area contributed by atoms with Crippen LogP contribution in [0, 0.1) is 0 Å². The van der Waals surface area contributed by atoms with Gasteiger partial charge in [-0.2, -0.15) is 0 Å². The molecule has 0 rings (SSSR count). The number of ether oxygens (including phenoxy) is 2. The van der Waals surface area contributed by atoms with E-state index >= 15 is 0 Å². The van der Waals surface area contributed by atoms with Gasteiger partial charge in [0.25, 0.3) is 0 Å². The van der Waals surface area contributed by atoms with Gasteiger partial charge >= 0.3 is 5.97 Å². The molecule has 0 saturated carbocycles. The molecule has 0 radical (unpaired) electrons. The summed E-state index contributed by atoms with van der Waals surface area (Å²) < 4.78 is 11.0. The van der Waals surface area contributed by atoms with E-state index < -0.39 is 6.10 Å². The first kappa shape index (κ1) is 36.6. The van der Waals surface area contributed by atoms with Crippen LogP contribution >= 0.6 is 0 Å². The Bertz CT molecular complexity index is 740. The van der Waals surface area contributed by atoms with E-state index in [1.165, 1.54) is 0 Å². The third-order valence-electron chi connectivity index (χ3n) is 5.72. The molecule has 0 heterocycles. The van der Waals surface area contributed by atoms with Crippen molar-refractivity contribution in [2.45, 2.75) is 110 Å². The molecule has 0 bridgehead atoms. The zero-order valence-corrected chi connectivity index (χ0v) is 24.9. The summed E-state index contributed by atoms with van der Waals surface area (Å²) in [6.07, 6.45) is 43.3. The Hall–Kier alpha value is -2.43. The third-order valence-corrected chi connectivity index (χ3v) is 5.72. The van der Waals surface area contributed by atoms with Crippen molar-refractivity contribution in [1.29, 1.82) is 0 Å². The van der Waals surface area contributed by atoms with E-state index in [0.29, 0.717) is 13.0 Å². The number of hydrogen-bond donors (Lipinski definition) is 1. The minimum Gasteiger partial charge on any atom is -0.457 e. The molecule has 1 N–H and O–H groups in total. The van der Waals surface area contributed by atoms with Gasteiger partial charge in [0.05, 0.1) is 13.2 Å². The van der Waals surface area contributed by atoms with Crippen LogP contribution in [0.4, 0.5) is 0 Å². The van der Waals surface area contributed by atoms with Crippen molar-refractivity contribution in [2.24, 2.45) is 0 Å². The molecule has 0 aromatic rings. The Morgan fingerprint density at radius 2 is 1.08 bits per heavy atom. The largest absolute Gasteiger partial charge is 0.457 e. The van der Waals surface area contributed by atoms with E-state index in [1.54, 1.807) is 0 Å². The van der Waals surface area contributed by atoms with Gasteiger partial charge < -0.3 is 14.6 Å². The Morgan fingerprint density at radius 1 is 0.615 bits per heavy atom. The van der Waals surface area contributed by atoms with Crippen LogP contribution in [-0.2, 0) is 14.3 Å². The topological polar surface area (TPSA) is 55.8 Å². The van der Waals surface area contributed by atoms with Gasteiger partial charge in [0.1, 0.15) is 6.10 Å². The Kier molecular flexibility index (Phi) is 29.8. The maximum atomic E-state index is 12.0. The normalized spacial score (nSPS) is 13.6. The minimum atomic E-state index is -0.580. The maximum Gasteiger partial charge on any atom is 0.306 e. The van der Waals surface area contributed by atoms with Gasteiger partial charge in [-0.05, 0) is 77.0 Å². The van der Waals surface area contributed by atoms with Crippen molar-refractivity contribution in [3.05, 3.63) is 85.1 Å². The molecule has 0 saturated heterocycles. The van der Waals surface area contributed by atoms with E-state index in [-0.39, 0.29) is 19.2 Å². The smallest absolute Gasteiger partial charge is 0.306 e. The van der Waals surface area contributed by atoms with Gasteiger partial charge in [0, 0.05) is 13.0 Å². The molecule has 1 atom stereocenters. The highest BCUT2D eigenvalue weighted by molar-refractivity contribution is 5.69. The van der Waals surface area contributed by atoms with Crippen LogP contribution in [0.1, 0.15) is 104 Å². The number of allylic oxidation sites excluding steroid dienone is 14. The molecule has 1 unspecified atom stereocenters. The van der Waals surface area contributed by atoms with Crippen LogP contribution in [0.15, 0.2) is 85.1 Å². The van der Waals surface area contributed by atoms with Gasteiger partial charge in [-0.15, -0.1) is 0 Å². The molecule has 0 aliphatic rings. The molecule has 0 aromatic carbocycles. The van der Waals surface area contributed by atoms with Crippen molar-refractivity contribution < 1.29 is 19.4 Å². The van der Waals surface area contributed by atoms with Crippen LogP contribution < -0.4 is 0 Å². The van der Waals surface area contributed by atoms with Crippen molar-refractivity contribution in [2.75, 3.05) is 19.8 Å². The van der Waals surface area contributed by atoms with Crippen LogP contribution in [0.2, 0.25) is 0 Å². The minimum absolute atomic E-state index is 0.212. The summed E-state index contributed by atoms with van der Waals surface area (Å²) in [5.74, 6) is -0.254. The maximum absolute atomic E-state index is 12.0. The van der Waals surface area contributed by atoms with E-state index in [2.05, 4.69) is 98.9 Å². The quantitative estimate of drug-likeness (QED) is 0.0674. The molecule has 0 aliphatic carbocycles. The summed E-state index contributed by atoms with van der Waals surface area (Å²) in [4.78, 5) is 12.0. The van der Waals surface area contributed by atoms with E-state index in [9.17, 15) is 9.90 Å². The molecule has 0 aromatic heterocycles. The first-order valence-corrected chi connectivity index (χ1v) is 15.2. The molecule has 4 nitrogen and oxygen atoms in total. The monoisotopic (exact) mass is 540 g/mol. The van der Waals surface area contributed by atoms with Crippen LogP contribution in [0.25, 0.3) is 0 Å². The zero-order chi connectivity index (χ0) is 28.5. The Balaban J connectivity index is 3.67. The molecule has 0 spiro atoms. The zero-order valence-electron chi connectivity index (χ0n) is 24.9. The third kappa shape index (κ3) is 30.0. The molecule has 0 aliphatic heterocycles. The predicted octanol–water partition coefficient (Wildman–Crippen LogP) is 9.30. The second-order valence-electron chi connectivity index (χ2n) is 9.41. The number of esters is 1. The fourth-order valence-electron chi connectivity index (χ4n) is 3.52. The van der Waals surface area contributed by atoms with Gasteiger partial charge in [-0.25, -0.2) is 0 Å². The van der Waals surface area contributed by atoms with Gasteiger partial charge in [-0.1, -0.05) is 105 Å². The van der Waals surface area contributed by atoms with Gasteiger partial charge in [0.2, 0.25) is 0 Å². The number of aliphatic hydroxyl groups excluding tert-OH is 1. The van der Waals surface area contributed by atoms with Crippen molar-refractivity contribution >= 4 is 5.97 Å². The van der Waals surface area contributed by atoms with E-state index in [0.717, 1.165) is 83.5 Å². The van der Waals surface area contributed by atoms with Crippen LogP contribution in [-0.4, -0.2) is 37.0 Å². The lowest BCUT2D eigenvalue weighted by Crippen LogP contribution is -2.27. The van der Waals surface area contributed by atoms with Crippen molar-refractivity contribution in [3.8, 4) is 0 Å². The van der Waals surface area contributed by atoms with Crippen LogP contribution in [0.5, 0.6) is 0 Å². The second-order valence-corrected chi connectivity index (χ2v) is 9.41. The van der Waals surface area contributed by atoms with E-state index in [4.69, 9.17) is 9.47 Å². The number of unbranched alkanes of at least 4 members (excludes halogenated alkanes) is 4. The summed E-state index contributed by atoms with van der Waals surface area (Å²) in [5.41, 5.74) is 0. The highest BCUT2D eigenvalue weighted by Gasteiger charge is 2.13. The molecule has 0 fully saturated rings. The average Bonchev–Trinajstić information content (AvgIpc) is 2.94. The molecular formula is C35H56O4. The fraction of sp³-hybridized carbons (Fsp3) is 0.571. The lowest BCUT2D eigenvalue weighted by atomic mass is 10.1. The Morgan fingerprint density at radius 3 is 1.56 bits per heavy atom. The van der Waals surface area contributed by atoms with Crippen molar-refractivity contribution in [1.82, 2.24) is 0 Å². The van der Waals surface area contributed by atoms with E-state index in [1.807, 2.05) is 0 Å². The molecule has 220 valence electrons. The number of carbonyl (C=O) groups is 1. The van der Waals surface area contributed by atoms with Gasteiger partial charge in [0.15, 0.2) is 0 Å². The van der Waals surface area contributed by atoms with Crippen LogP contribution in [0.3, 0.4) is 0 Å². The first-order chi connectivity index (χ1) is 19.2. The SMILES string of the molecule is CC/C=C\C/C=C\C/C=C\C/C=C\CCCOCC(CO)OC(=O)CCCCC/C=C\C/C=C\C/C=C\CC. The summed E-state index contributed by atoms with van der Waals surface area (Å²) in [7, 11) is 0. The highest BCUT2D eigenvalue weighted by atomic mass is 16.6. The fourth-order valence-corrected chi connectivity index (χ4v) is 3.52. The number of carbonyl (C=O) groups excluding carboxylic acids is 1. The average molecular weight is 541 g/mol. The molecule has 0 amide bonds. The Labute approximate surface area is 240 Å². The number of hydrogen-bond acceptors (Lipinski definition) is 4. The highest BCUT2D eigenvalue weighted by Crippen LogP contribution is 2.07. The lowest BCUT2D eigenvalue weighted by molar-refractivity contribution is -0.154. The number of aliphatic hydroxyl groups is 1. The summed E-state index contributed by atoms with van der Waals surface area (Å²) in [6, 6.07) is 0. The summed E-state index contributed by atoms with van der Waals surface area (Å²) >= 11 is 0. The lowest BCUT2D eigenvalue weighted by Gasteiger charge is -2.15. The summed E-state index contributed by atoms with van der Waals surface area (Å²) in [5, 5.41) is 9.49. The predicted molar refractivity (Wildman–Crippen MR) is 168 cm³/mol. The van der Waals surface area contributed by atoms with Gasteiger partial charge in [-0.3, -0.25) is 4.79 Å². The number of rotatable bonds is 26. The standard InChI is InChI=1S/C35H56O4/c1-3-5-7-9-11-13-15-17-19-21-23-25-27-29-31-38-33-34(32-36)39-35(37)30-28-26-24-22-20-18-16-14-12-10-8-6-4-2/h5-8,11-14,17-20,23,25,34,36H,3-4,9-10,15-16,21-22,24,26-33H2,1-2H3/b7-5-,8-6-,13-11-,14-12-,19-17-,20-18-,25-23-. The first-order valence-electron chi connectivity index (χ1n) is 15.2. The second kappa shape index (κ2) is 31.8. The van der Waals surface area contributed by atoms with Crippen molar-refractivity contribution in [3.63, 3.8) is 0 Å². The molecular weight excluding hydrogens is 484 g/mol. The molecule has 4 heteroatoms. The summed E-state index contributed by atoms with van der Waals surface area (Å²) in [6.45, 7) is 4.91. The molecule has 39 heavy (non-hydrogen) atoms.